The molecule has 8 nitrogen and oxygen atoms in total. The molecule has 2 unspecified atom stereocenters. The van der Waals surface area contributed by atoms with Crippen LogP contribution < -0.4 is 5.32 Å². The Morgan fingerprint density at radius 1 is 0.944 bits per heavy atom. The Morgan fingerprint density at radius 2 is 1.64 bits per heavy atom. The lowest BCUT2D eigenvalue weighted by Crippen LogP contribution is -2.54. The normalized spacial score (nSPS) is 16.0. The molecule has 3 amide bonds. The Labute approximate surface area is 208 Å². The largest absolute Gasteiger partial charge is 0.481 e. The van der Waals surface area contributed by atoms with Crippen molar-refractivity contribution in [2.75, 3.05) is 13.1 Å². The number of thiophene rings is 1. The molecule has 3 aromatic rings. The molecule has 1 saturated heterocycles. The third-order valence-electron chi connectivity index (χ3n) is 5.70. The molecule has 0 spiro atoms. The number of amides is 3. The van der Waals surface area contributed by atoms with Gasteiger partial charge in [-0.05, 0) is 47.3 Å². The number of aliphatic carboxylic acids is 1. The number of carboxylic acid groups (broad SMARTS) is 1. The topological polar surface area (TPSA) is 107 Å². The van der Waals surface area contributed by atoms with Gasteiger partial charge in [0.25, 0.3) is 17.7 Å². The first kappa shape index (κ1) is 25.0. The quantitative estimate of drug-likeness (QED) is 0.504. The van der Waals surface area contributed by atoms with Crippen molar-refractivity contribution in [2.45, 2.75) is 18.6 Å². The zero-order chi connectivity index (χ0) is 25.8. The van der Waals surface area contributed by atoms with E-state index in [1.807, 2.05) is 0 Å². The van der Waals surface area contributed by atoms with Crippen LogP contribution in [0.3, 0.4) is 0 Å². The van der Waals surface area contributed by atoms with Gasteiger partial charge in [0.15, 0.2) is 6.17 Å². The molecule has 1 fully saturated rings. The molecule has 1 aromatic heterocycles. The molecular formula is C25H21F2N3O5S. The number of carbonyl (C=O) groups is 4. The average molecular weight is 514 g/mol. The van der Waals surface area contributed by atoms with Crippen molar-refractivity contribution in [2.24, 2.45) is 0 Å². The Morgan fingerprint density at radius 3 is 2.25 bits per heavy atom. The summed E-state index contributed by atoms with van der Waals surface area (Å²) in [5.74, 6) is -4.31. The zero-order valence-electron chi connectivity index (χ0n) is 18.8. The number of hydrogen-bond acceptors (Lipinski definition) is 5. The minimum atomic E-state index is -1.41. The van der Waals surface area contributed by atoms with Crippen molar-refractivity contribution in [3.63, 3.8) is 0 Å². The van der Waals surface area contributed by atoms with Crippen molar-refractivity contribution in [3.05, 3.63) is 93.7 Å². The van der Waals surface area contributed by atoms with Crippen LogP contribution >= 0.6 is 11.3 Å². The second kappa shape index (κ2) is 10.6. The van der Waals surface area contributed by atoms with E-state index in [1.165, 1.54) is 46.6 Å². The molecule has 1 aliphatic heterocycles. The summed E-state index contributed by atoms with van der Waals surface area (Å²) in [5.41, 5.74) is 0.336. The summed E-state index contributed by atoms with van der Waals surface area (Å²) < 4.78 is 27.2. The first-order valence-electron chi connectivity index (χ1n) is 10.9. The predicted molar refractivity (Wildman–Crippen MR) is 126 cm³/mol. The fourth-order valence-electron chi connectivity index (χ4n) is 4.03. The number of nitrogens with zero attached hydrogens (tertiary/aromatic N) is 2. The Hall–Kier alpha value is -4.12. The molecule has 2 aromatic carbocycles. The zero-order valence-corrected chi connectivity index (χ0v) is 19.6. The minimum Gasteiger partial charge on any atom is -0.481 e. The van der Waals surface area contributed by atoms with Crippen molar-refractivity contribution in [3.8, 4) is 0 Å². The maximum atomic E-state index is 13.8. The molecule has 2 heterocycles. The van der Waals surface area contributed by atoms with Crippen LogP contribution in [0.2, 0.25) is 0 Å². The van der Waals surface area contributed by atoms with Crippen LogP contribution in [0.25, 0.3) is 0 Å². The van der Waals surface area contributed by atoms with Crippen molar-refractivity contribution in [1.82, 2.24) is 15.1 Å². The average Bonchev–Trinajstić information content (AvgIpc) is 3.53. The number of carboxylic acids is 1. The summed E-state index contributed by atoms with van der Waals surface area (Å²) in [6.07, 6.45) is -1.92. The minimum absolute atomic E-state index is 0.00107. The van der Waals surface area contributed by atoms with Crippen LogP contribution in [0.1, 0.15) is 38.1 Å². The van der Waals surface area contributed by atoms with E-state index in [4.69, 9.17) is 0 Å². The highest BCUT2D eigenvalue weighted by atomic mass is 32.1. The summed E-state index contributed by atoms with van der Waals surface area (Å²) in [4.78, 5) is 54.2. The molecule has 36 heavy (non-hydrogen) atoms. The van der Waals surface area contributed by atoms with Gasteiger partial charge in [0.2, 0.25) is 0 Å². The van der Waals surface area contributed by atoms with E-state index in [-0.39, 0.29) is 18.7 Å². The van der Waals surface area contributed by atoms with E-state index in [1.54, 1.807) is 17.5 Å². The molecule has 186 valence electrons. The van der Waals surface area contributed by atoms with Gasteiger partial charge in [-0.3, -0.25) is 19.2 Å². The third kappa shape index (κ3) is 5.41. The van der Waals surface area contributed by atoms with Crippen molar-refractivity contribution >= 4 is 35.0 Å². The van der Waals surface area contributed by atoms with E-state index in [0.29, 0.717) is 10.4 Å². The first-order chi connectivity index (χ1) is 17.2. The first-order valence-corrected chi connectivity index (χ1v) is 11.8. The number of halogens is 2. The van der Waals surface area contributed by atoms with Gasteiger partial charge in [-0.25, -0.2) is 8.78 Å². The van der Waals surface area contributed by atoms with Crippen LogP contribution in [-0.4, -0.2) is 57.9 Å². The Kier molecular flexibility index (Phi) is 7.39. The van der Waals surface area contributed by atoms with Crippen molar-refractivity contribution in [1.29, 1.82) is 0 Å². The molecule has 2 atom stereocenters. The third-order valence-corrected chi connectivity index (χ3v) is 6.56. The molecule has 4 rings (SSSR count). The maximum absolute atomic E-state index is 13.8. The van der Waals surface area contributed by atoms with Crippen LogP contribution in [0.4, 0.5) is 8.78 Å². The van der Waals surface area contributed by atoms with Crippen molar-refractivity contribution < 1.29 is 33.1 Å². The highest BCUT2D eigenvalue weighted by molar-refractivity contribution is 7.12. The summed E-state index contributed by atoms with van der Waals surface area (Å²) in [6, 6.07) is 12.2. The molecule has 11 heteroatoms. The fraction of sp³-hybridized carbons (Fsp3) is 0.200. The van der Waals surface area contributed by atoms with E-state index >= 15 is 0 Å². The van der Waals surface area contributed by atoms with E-state index in [9.17, 15) is 33.1 Å². The molecule has 2 N–H and O–H groups in total. The van der Waals surface area contributed by atoms with Gasteiger partial charge in [-0.15, -0.1) is 11.3 Å². The van der Waals surface area contributed by atoms with Gasteiger partial charge in [0, 0.05) is 18.7 Å². The molecule has 0 radical (unpaired) electrons. The predicted octanol–water partition coefficient (Wildman–Crippen LogP) is 3.28. The van der Waals surface area contributed by atoms with Crippen LogP contribution in [0.5, 0.6) is 0 Å². The maximum Gasteiger partial charge on any atom is 0.305 e. The molecule has 0 aliphatic carbocycles. The van der Waals surface area contributed by atoms with Gasteiger partial charge in [-0.1, -0.05) is 24.3 Å². The lowest BCUT2D eigenvalue weighted by atomic mass is 10.0. The number of rotatable bonds is 7. The number of nitrogens with one attached hydrogen (secondary N) is 1. The van der Waals surface area contributed by atoms with E-state index in [0.717, 1.165) is 23.1 Å². The van der Waals surface area contributed by atoms with Gasteiger partial charge in [0.05, 0.1) is 17.3 Å². The highest BCUT2D eigenvalue weighted by Gasteiger charge is 2.44. The monoisotopic (exact) mass is 513 g/mol. The molecule has 0 saturated carbocycles. The number of benzene rings is 2. The van der Waals surface area contributed by atoms with Gasteiger partial charge in [-0.2, -0.15) is 0 Å². The number of carbonyl (C=O) groups excluding carboxylic acids is 3. The lowest BCUT2D eigenvalue weighted by molar-refractivity contribution is -0.138. The smallest absolute Gasteiger partial charge is 0.305 e. The molecule has 0 bridgehead atoms. The van der Waals surface area contributed by atoms with E-state index in [2.05, 4.69) is 5.32 Å². The summed E-state index contributed by atoms with van der Waals surface area (Å²) in [6.45, 7) is 0.0424. The highest BCUT2D eigenvalue weighted by Crippen LogP contribution is 2.25. The molecular weight excluding hydrogens is 492 g/mol. The Balaban J connectivity index is 1.66. The lowest BCUT2D eigenvalue weighted by Gasteiger charge is -2.30. The second-order valence-electron chi connectivity index (χ2n) is 8.07. The van der Waals surface area contributed by atoms with Gasteiger partial charge < -0.3 is 20.2 Å². The second-order valence-corrected chi connectivity index (χ2v) is 9.02. The van der Waals surface area contributed by atoms with Gasteiger partial charge >= 0.3 is 5.97 Å². The van der Waals surface area contributed by atoms with Crippen LogP contribution in [0, 0.1) is 11.6 Å². The standard InChI is InChI=1S/C25H21F2N3O5S/c26-17-8-6-15(7-9-17)19(14-21(31)32)28-22(33)23-29(24(34)16-3-1-4-18(27)13-16)10-11-30(23)25(35)20-5-2-12-36-20/h1-9,12-13,19,23H,10-11,14H2,(H,28,33)(H,31,32). The summed E-state index contributed by atoms with van der Waals surface area (Å²) in [5, 5.41) is 13.7. The van der Waals surface area contributed by atoms with Crippen LogP contribution in [0.15, 0.2) is 66.0 Å². The fourth-order valence-corrected chi connectivity index (χ4v) is 4.71. The summed E-state index contributed by atoms with van der Waals surface area (Å²) in [7, 11) is 0. The van der Waals surface area contributed by atoms with E-state index < -0.39 is 54.0 Å². The SMILES string of the molecule is O=C(O)CC(NC(=O)C1N(C(=O)c2cccc(F)c2)CCN1C(=O)c1cccs1)c1ccc(F)cc1. The molecule has 1 aliphatic rings. The van der Waals surface area contributed by atoms with Gasteiger partial charge in [0.1, 0.15) is 11.6 Å². The number of hydrogen-bond donors (Lipinski definition) is 2. The summed E-state index contributed by atoms with van der Waals surface area (Å²) >= 11 is 1.17. The van der Waals surface area contributed by atoms with Crippen LogP contribution in [-0.2, 0) is 9.59 Å². The Bertz CT molecular complexity index is 1280.